The van der Waals surface area contributed by atoms with E-state index in [1.165, 1.54) is 49.2 Å². The van der Waals surface area contributed by atoms with Gasteiger partial charge in [0.1, 0.15) is 0 Å². The number of anilines is 2. The first kappa shape index (κ1) is 13.7. The minimum absolute atomic E-state index is 0.613. The van der Waals surface area contributed by atoms with Crippen molar-refractivity contribution in [2.45, 2.75) is 44.7 Å². The molecule has 20 heavy (non-hydrogen) atoms. The van der Waals surface area contributed by atoms with Crippen LogP contribution in [0.25, 0.3) is 0 Å². The van der Waals surface area contributed by atoms with Gasteiger partial charge in [-0.25, -0.2) is 0 Å². The van der Waals surface area contributed by atoms with Gasteiger partial charge in [-0.2, -0.15) is 0 Å². The molecule has 1 aromatic rings. The molecule has 2 aliphatic heterocycles. The normalized spacial score (nSPS) is 25.7. The molecule has 3 nitrogen and oxygen atoms in total. The summed E-state index contributed by atoms with van der Waals surface area (Å²) in [6.07, 6.45) is 5.11. The van der Waals surface area contributed by atoms with Gasteiger partial charge in [-0.15, -0.1) is 0 Å². The van der Waals surface area contributed by atoms with E-state index in [9.17, 15) is 0 Å². The van der Waals surface area contributed by atoms with Gasteiger partial charge in [-0.05, 0) is 70.5 Å². The number of nitrogens with zero attached hydrogens (tertiary/aromatic N) is 2. The van der Waals surface area contributed by atoms with E-state index in [-0.39, 0.29) is 0 Å². The first-order valence-electron chi connectivity index (χ1n) is 7.94. The van der Waals surface area contributed by atoms with Crippen LogP contribution in [0.15, 0.2) is 18.2 Å². The summed E-state index contributed by atoms with van der Waals surface area (Å²) in [6, 6.07) is 8.30. The average Bonchev–Trinajstić information content (AvgIpc) is 2.85. The molecular formula is C17H27N3. The molecule has 1 N–H and O–H groups in total. The van der Waals surface area contributed by atoms with Gasteiger partial charge in [-0.3, -0.25) is 0 Å². The molecule has 0 spiro atoms. The molecule has 0 aromatic heterocycles. The smallest absolute Gasteiger partial charge is 0.0417 e. The number of likely N-dealkylation sites (N-methyl/N-ethyl adjacent to an activating group) is 1. The molecule has 3 heteroatoms. The van der Waals surface area contributed by atoms with E-state index in [1.54, 1.807) is 0 Å². The number of rotatable bonds is 3. The van der Waals surface area contributed by atoms with Crippen LogP contribution in [0.5, 0.6) is 0 Å². The van der Waals surface area contributed by atoms with Crippen molar-refractivity contribution in [3.05, 3.63) is 23.8 Å². The largest absolute Gasteiger partial charge is 0.382 e. The molecule has 110 valence electrons. The van der Waals surface area contributed by atoms with Gasteiger partial charge in [0.25, 0.3) is 0 Å². The van der Waals surface area contributed by atoms with Crippen LogP contribution in [-0.4, -0.2) is 44.2 Å². The highest BCUT2D eigenvalue weighted by Gasteiger charge is 2.26. The fourth-order valence-electron chi connectivity index (χ4n) is 3.60. The number of aryl methyl sites for hydroxylation is 1. The lowest BCUT2D eigenvalue weighted by atomic mass is 9.98. The second-order valence-corrected chi connectivity index (χ2v) is 6.68. The number of hydrogen-bond donors (Lipinski definition) is 1. The Balaban J connectivity index is 1.80. The number of benzene rings is 1. The third kappa shape index (κ3) is 2.78. The molecule has 0 aliphatic carbocycles. The first-order valence-corrected chi connectivity index (χ1v) is 7.94. The molecule has 2 atom stereocenters. The SMILES string of the molecule is CC1CCc2cc(N3CCCC3CN(C)C)ccc2N1. The van der Waals surface area contributed by atoms with Crippen LogP contribution in [-0.2, 0) is 6.42 Å². The highest BCUT2D eigenvalue weighted by molar-refractivity contribution is 5.62. The highest BCUT2D eigenvalue weighted by Crippen LogP contribution is 2.32. The van der Waals surface area contributed by atoms with E-state index in [2.05, 4.69) is 54.3 Å². The molecule has 0 radical (unpaired) electrons. The Morgan fingerprint density at radius 3 is 2.95 bits per heavy atom. The molecule has 3 rings (SSSR count). The molecule has 0 amide bonds. The fraction of sp³-hybridized carbons (Fsp3) is 0.647. The van der Waals surface area contributed by atoms with Crippen molar-refractivity contribution in [1.82, 2.24) is 4.90 Å². The number of nitrogens with one attached hydrogen (secondary N) is 1. The van der Waals surface area contributed by atoms with Crippen LogP contribution < -0.4 is 10.2 Å². The summed E-state index contributed by atoms with van der Waals surface area (Å²) in [5.41, 5.74) is 4.26. The van der Waals surface area contributed by atoms with Crippen LogP contribution in [0.4, 0.5) is 11.4 Å². The summed E-state index contributed by atoms with van der Waals surface area (Å²) in [5, 5.41) is 3.59. The number of fused-ring (bicyclic) bond motifs is 1. The summed E-state index contributed by atoms with van der Waals surface area (Å²) in [5.74, 6) is 0. The Hall–Kier alpha value is -1.22. The van der Waals surface area contributed by atoms with Crippen molar-refractivity contribution in [1.29, 1.82) is 0 Å². The fourth-order valence-corrected chi connectivity index (χ4v) is 3.60. The Morgan fingerprint density at radius 2 is 2.15 bits per heavy atom. The van der Waals surface area contributed by atoms with Crippen molar-refractivity contribution in [3.8, 4) is 0 Å². The van der Waals surface area contributed by atoms with Gasteiger partial charge in [-0.1, -0.05) is 0 Å². The van der Waals surface area contributed by atoms with Crippen LogP contribution in [0.2, 0.25) is 0 Å². The van der Waals surface area contributed by atoms with Gasteiger partial charge in [0.05, 0.1) is 0 Å². The van der Waals surface area contributed by atoms with E-state index in [0.29, 0.717) is 12.1 Å². The minimum atomic E-state index is 0.613. The van der Waals surface area contributed by atoms with Crippen LogP contribution in [0.1, 0.15) is 31.7 Å². The lowest BCUT2D eigenvalue weighted by Gasteiger charge is -2.31. The third-order valence-electron chi connectivity index (χ3n) is 4.62. The van der Waals surface area contributed by atoms with Crippen LogP contribution >= 0.6 is 0 Å². The van der Waals surface area contributed by atoms with Gasteiger partial charge < -0.3 is 15.1 Å². The topological polar surface area (TPSA) is 18.5 Å². The van der Waals surface area contributed by atoms with E-state index in [0.717, 1.165) is 6.54 Å². The first-order chi connectivity index (χ1) is 9.63. The standard InChI is InChI=1S/C17H27N3/c1-13-6-7-14-11-15(8-9-17(14)18-13)20-10-4-5-16(20)12-19(2)3/h8-9,11,13,16,18H,4-7,10,12H2,1-3H3. The van der Waals surface area contributed by atoms with Crippen molar-refractivity contribution in [3.63, 3.8) is 0 Å². The van der Waals surface area contributed by atoms with Gasteiger partial charge >= 0.3 is 0 Å². The average molecular weight is 273 g/mol. The van der Waals surface area contributed by atoms with Gasteiger partial charge in [0, 0.05) is 36.5 Å². The Bertz CT molecular complexity index is 469. The molecule has 1 fully saturated rings. The van der Waals surface area contributed by atoms with E-state index >= 15 is 0 Å². The Morgan fingerprint density at radius 1 is 1.30 bits per heavy atom. The zero-order chi connectivity index (χ0) is 14.1. The van der Waals surface area contributed by atoms with Gasteiger partial charge in [0.2, 0.25) is 0 Å². The Labute approximate surface area is 123 Å². The zero-order valence-corrected chi connectivity index (χ0v) is 13.0. The molecule has 2 heterocycles. The molecule has 0 saturated carbocycles. The lowest BCUT2D eigenvalue weighted by Crippen LogP contribution is -2.37. The summed E-state index contributed by atoms with van der Waals surface area (Å²) in [4.78, 5) is 4.92. The zero-order valence-electron chi connectivity index (χ0n) is 13.0. The maximum absolute atomic E-state index is 3.59. The molecule has 1 aromatic carbocycles. The quantitative estimate of drug-likeness (QED) is 0.913. The maximum atomic E-state index is 3.59. The van der Waals surface area contributed by atoms with Crippen molar-refractivity contribution >= 4 is 11.4 Å². The summed E-state index contributed by atoms with van der Waals surface area (Å²) >= 11 is 0. The van der Waals surface area contributed by atoms with Gasteiger partial charge in [0.15, 0.2) is 0 Å². The monoisotopic (exact) mass is 273 g/mol. The van der Waals surface area contributed by atoms with Crippen molar-refractivity contribution in [2.75, 3.05) is 37.4 Å². The molecule has 2 unspecified atom stereocenters. The van der Waals surface area contributed by atoms with Crippen molar-refractivity contribution in [2.24, 2.45) is 0 Å². The summed E-state index contributed by atoms with van der Waals surface area (Å²) in [6.45, 7) is 4.64. The van der Waals surface area contributed by atoms with E-state index in [4.69, 9.17) is 0 Å². The van der Waals surface area contributed by atoms with Crippen LogP contribution in [0, 0.1) is 0 Å². The highest BCUT2D eigenvalue weighted by atomic mass is 15.2. The predicted molar refractivity (Wildman–Crippen MR) is 86.8 cm³/mol. The summed E-state index contributed by atoms with van der Waals surface area (Å²) < 4.78 is 0. The second kappa shape index (κ2) is 5.65. The lowest BCUT2D eigenvalue weighted by molar-refractivity contribution is 0.372. The maximum Gasteiger partial charge on any atom is 0.0417 e. The van der Waals surface area contributed by atoms with Crippen LogP contribution in [0.3, 0.4) is 0 Å². The van der Waals surface area contributed by atoms with E-state index in [1.807, 2.05) is 0 Å². The number of hydrogen-bond acceptors (Lipinski definition) is 3. The predicted octanol–water partition coefficient (Wildman–Crippen LogP) is 2.96. The van der Waals surface area contributed by atoms with E-state index < -0.39 is 0 Å². The molecular weight excluding hydrogens is 246 g/mol. The molecule has 1 saturated heterocycles. The molecule has 2 aliphatic rings. The third-order valence-corrected chi connectivity index (χ3v) is 4.62. The molecule has 0 bridgehead atoms. The summed E-state index contributed by atoms with van der Waals surface area (Å²) in [7, 11) is 4.35. The minimum Gasteiger partial charge on any atom is -0.382 e. The second-order valence-electron chi connectivity index (χ2n) is 6.68. The van der Waals surface area contributed by atoms with Crippen molar-refractivity contribution < 1.29 is 0 Å². The Kier molecular flexibility index (Phi) is 3.88.